The molecule has 0 aliphatic heterocycles. The molecule has 12 heavy (non-hydrogen) atoms. The molecule has 0 radical (unpaired) electrons. The number of thioether (sulfide) groups is 1. The van der Waals surface area contributed by atoms with Crippen molar-refractivity contribution in [3.8, 4) is 0 Å². The second kappa shape index (κ2) is 4.59. The van der Waals surface area contributed by atoms with E-state index in [1.165, 1.54) is 0 Å². The van der Waals surface area contributed by atoms with Gasteiger partial charge in [-0.3, -0.25) is 4.79 Å². The molecular weight excluding hydrogens is 193 g/mol. The van der Waals surface area contributed by atoms with Crippen molar-refractivity contribution in [1.82, 2.24) is 0 Å². The van der Waals surface area contributed by atoms with E-state index < -0.39 is 23.8 Å². The number of hydrogen-bond donors (Lipinski definition) is 1. The van der Waals surface area contributed by atoms with E-state index in [1.807, 2.05) is 0 Å². The first-order valence-electron chi connectivity index (χ1n) is 3.26. The highest BCUT2D eigenvalue weighted by Crippen LogP contribution is 2.29. The zero-order valence-corrected chi connectivity index (χ0v) is 7.21. The smallest absolute Gasteiger partial charge is 0.403 e. The first kappa shape index (κ1) is 11.6. The molecule has 0 heterocycles. The highest BCUT2D eigenvalue weighted by molar-refractivity contribution is 7.99. The number of aliphatic carboxylic acids is 1. The number of carbonyl (C=O) groups is 1. The highest BCUT2D eigenvalue weighted by atomic mass is 32.2. The second-order valence-corrected chi connectivity index (χ2v) is 3.41. The van der Waals surface area contributed by atoms with Gasteiger partial charge in [0.05, 0.1) is 0 Å². The summed E-state index contributed by atoms with van der Waals surface area (Å²) in [6, 6.07) is 0. The van der Waals surface area contributed by atoms with E-state index in [4.69, 9.17) is 5.11 Å². The average molecular weight is 202 g/mol. The van der Waals surface area contributed by atoms with Crippen LogP contribution in [0.3, 0.4) is 0 Å². The van der Waals surface area contributed by atoms with E-state index >= 15 is 0 Å². The summed E-state index contributed by atoms with van der Waals surface area (Å²) in [5.41, 5.74) is 0. The van der Waals surface area contributed by atoms with Gasteiger partial charge in [0, 0.05) is 5.75 Å². The van der Waals surface area contributed by atoms with Crippen LogP contribution in [-0.4, -0.2) is 28.8 Å². The molecule has 2 nitrogen and oxygen atoms in total. The van der Waals surface area contributed by atoms with Crippen molar-refractivity contribution >= 4 is 17.7 Å². The predicted molar refractivity (Wildman–Crippen MR) is 40.2 cm³/mol. The Kier molecular flexibility index (Phi) is 4.44. The number of carboxylic acid groups (broad SMARTS) is 1. The molecule has 6 heteroatoms. The Bertz CT molecular complexity index is 157. The highest BCUT2D eigenvalue weighted by Gasteiger charge is 2.44. The van der Waals surface area contributed by atoms with Crippen LogP contribution in [0.5, 0.6) is 0 Å². The molecule has 0 spiro atoms. The van der Waals surface area contributed by atoms with Crippen LogP contribution in [0.2, 0.25) is 0 Å². The fraction of sp³-hybridized carbons (Fsp3) is 0.833. The molecule has 0 aliphatic carbocycles. The van der Waals surface area contributed by atoms with Crippen molar-refractivity contribution in [1.29, 1.82) is 0 Å². The quantitative estimate of drug-likeness (QED) is 0.757. The third kappa shape index (κ3) is 3.85. The molecule has 0 aromatic heterocycles. The summed E-state index contributed by atoms with van der Waals surface area (Å²) in [5, 5.41) is 8.20. The monoisotopic (exact) mass is 202 g/mol. The zero-order valence-electron chi connectivity index (χ0n) is 6.39. The Morgan fingerprint density at radius 2 is 2.08 bits per heavy atom. The van der Waals surface area contributed by atoms with Crippen LogP contribution >= 0.6 is 11.8 Å². The van der Waals surface area contributed by atoms with Gasteiger partial charge >= 0.3 is 12.1 Å². The summed E-state index contributed by atoms with van der Waals surface area (Å²) < 4.78 is 35.7. The van der Waals surface area contributed by atoms with Gasteiger partial charge in [0.25, 0.3) is 0 Å². The number of alkyl halides is 3. The third-order valence-corrected chi connectivity index (χ3v) is 2.16. The lowest BCUT2D eigenvalue weighted by Crippen LogP contribution is -2.32. The van der Waals surface area contributed by atoms with Gasteiger partial charge in [0.15, 0.2) is 5.92 Å². The minimum atomic E-state index is -4.63. The molecule has 0 aliphatic rings. The molecule has 0 saturated carbocycles. The molecular formula is C6H9F3O2S. The topological polar surface area (TPSA) is 37.3 Å². The van der Waals surface area contributed by atoms with Crippen LogP contribution in [-0.2, 0) is 4.79 Å². The van der Waals surface area contributed by atoms with Gasteiger partial charge in [-0.25, -0.2) is 0 Å². The fourth-order valence-corrected chi connectivity index (χ4v) is 1.34. The van der Waals surface area contributed by atoms with E-state index in [1.54, 1.807) is 6.92 Å². The standard InChI is InChI=1S/C6H9F3O2S/c1-2-12-3-4(5(10)11)6(7,8)9/h4H,2-3H2,1H3,(H,10,11). The molecule has 0 rings (SSSR count). The van der Waals surface area contributed by atoms with Crippen molar-refractivity contribution in [2.75, 3.05) is 11.5 Å². The van der Waals surface area contributed by atoms with Gasteiger partial charge in [-0.05, 0) is 5.75 Å². The van der Waals surface area contributed by atoms with Crippen molar-refractivity contribution in [2.24, 2.45) is 5.92 Å². The SMILES string of the molecule is CCSCC(C(=O)O)C(F)(F)F. The Morgan fingerprint density at radius 1 is 1.58 bits per heavy atom. The van der Waals surface area contributed by atoms with Gasteiger partial charge in [-0.1, -0.05) is 6.92 Å². The lowest BCUT2D eigenvalue weighted by Gasteiger charge is -2.14. The van der Waals surface area contributed by atoms with E-state index in [0.29, 0.717) is 5.75 Å². The van der Waals surface area contributed by atoms with Gasteiger partial charge in [0.2, 0.25) is 0 Å². The number of hydrogen-bond acceptors (Lipinski definition) is 2. The Labute approximate surface area is 72.1 Å². The molecule has 0 fully saturated rings. The fourth-order valence-electron chi connectivity index (χ4n) is 0.541. The number of rotatable bonds is 4. The minimum Gasteiger partial charge on any atom is -0.481 e. The van der Waals surface area contributed by atoms with E-state index in [-0.39, 0.29) is 0 Å². The molecule has 1 unspecified atom stereocenters. The summed E-state index contributed by atoms with van der Waals surface area (Å²) in [6.45, 7) is 1.68. The van der Waals surface area contributed by atoms with Crippen LogP contribution in [0.15, 0.2) is 0 Å². The number of carboxylic acids is 1. The predicted octanol–water partition coefficient (Wildman–Crippen LogP) is 2.00. The second-order valence-electron chi connectivity index (χ2n) is 2.09. The molecule has 1 atom stereocenters. The molecule has 0 bridgehead atoms. The Morgan fingerprint density at radius 3 is 2.33 bits per heavy atom. The van der Waals surface area contributed by atoms with E-state index in [2.05, 4.69) is 0 Å². The summed E-state index contributed by atoms with van der Waals surface area (Å²) in [7, 11) is 0. The van der Waals surface area contributed by atoms with Crippen LogP contribution in [0.4, 0.5) is 13.2 Å². The summed E-state index contributed by atoms with van der Waals surface area (Å²) in [5.74, 6) is -3.96. The Balaban J connectivity index is 4.15. The maximum absolute atomic E-state index is 11.9. The maximum Gasteiger partial charge on any atom is 0.403 e. The van der Waals surface area contributed by atoms with Crippen molar-refractivity contribution in [3.05, 3.63) is 0 Å². The molecule has 0 aromatic carbocycles. The van der Waals surface area contributed by atoms with Crippen molar-refractivity contribution in [3.63, 3.8) is 0 Å². The van der Waals surface area contributed by atoms with Crippen LogP contribution < -0.4 is 0 Å². The minimum absolute atomic E-state index is 0.407. The average Bonchev–Trinajstić information content (AvgIpc) is 1.84. The van der Waals surface area contributed by atoms with E-state index in [9.17, 15) is 18.0 Å². The van der Waals surface area contributed by atoms with Crippen LogP contribution in [0.1, 0.15) is 6.92 Å². The zero-order chi connectivity index (χ0) is 9.78. The largest absolute Gasteiger partial charge is 0.481 e. The first-order chi connectivity index (χ1) is 5.39. The normalized spacial score (nSPS) is 14.3. The van der Waals surface area contributed by atoms with Crippen molar-refractivity contribution in [2.45, 2.75) is 13.1 Å². The molecule has 0 amide bonds. The first-order valence-corrected chi connectivity index (χ1v) is 4.42. The van der Waals surface area contributed by atoms with E-state index in [0.717, 1.165) is 11.8 Å². The van der Waals surface area contributed by atoms with Gasteiger partial charge in [0.1, 0.15) is 0 Å². The lowest BCUT2D eigenvalue weighted by atomic mass is 10.2. The third-order valence-electron chi connectivity index (χ3n) is 1.18. The Hall–Kier alpha value is -0.390. The molecule has 0 aromatic rings. The van der Waals surface area contributed by atoms with Gasteiger partial charge in [-0.15, -0.1) is 0 Å². The van der Waals surface area contributed by atoms with Gasteiger partial charge < -0.3 is 5.11 Å². The molecule has 1 N–H and O–H groups in total. The molecule has 0 saturated heterocycles. The lowest BCUT2D eigenvalue weighted by molar-refractivity contribution is -0.188. The van der Waals surface area contributed by atoms with Crippen molar-refractivity contribution < 1.29 is 23.1 Å². The van der Waals surface area contributed by atoms with Gasteiger partial charge in [-0.2, -0.15) is 24.9 Å². The summed E-state index contributed by atoms with van der Waals surface area (Å²) in [4.78, 5) is 10.1. The maximum atomic E-state index is 11.9. The number of halogens is 3. The summed E-state index contributed by atoms with van der Waals surface area (Å²) in [6.07, 6.45) is -4.63. The molecule has 72 valence electrons. The summed E-state index contributed by atoms with van der Waals surface area (Å²) >= 11 is 0.971. The van der Waals surface area contributed by atoms with Crippen LogP contribution in [0.25, 0.3) is 0 Å². The van der Waals surface area contributed by atoms with Crippen LogP contribution in [0, 0.1) is 5.92 Å².